The van der Waals surface area contributed by atoms with Gasteiger partial charge in [-0.1, -0.05) is 19.4 Å². The zero-order valence-electron chi connectivity index (χ0n) is 13.2. The number of hydrogen-bond acceptors (Lipinski definition) is 3. The Labute approximate surface area is 138 Å². The van der Waals surface area contributed by atoms with Gasteiger partial charge in [0.2, 0.25) is 0 Å². The number of amides is 1. The Bertz CT molecular complexity index is 701. The van der Waals surface area contributed by atoms with Crippen LogP contribution in [0.5, 0.6) is 0 Å². The smallest absolute Gasteiger partial charge is 0.355 e. The minimum atomic E-state index is -4.42. The molecular formula is C17H18F3N3O. The second-order valence-electron chi connectivity index (χ2n) is 5.23. The molecule has 0 saturated heterocycles. The van der Waals surface area contributed by atoms with E-state index in [4.69, 9.17) is 0 Å². The van der Waals surface area contributed by atoms with E-state index in [1.165, 1.54) is 24.5 Å². The minimum Gasteiger partial charge on any atom is -0.355 e. The number of anilines is 2. The fourth-order valence-electron chi connectivity index (χ4n) is 2.09. The van der Waals surface area contributed by atoms with Crippen LogP contribution < -0.4 is 10.6 Å². The lowest BCUT2D eigenvalue weighted by molar-refractivity contribution is -0.137. The first-order valence-corrected chi connectivity index (χ1v) is 7.58. The summed E-state index contributed by atoms with van der Waals surface area (Å²) >= 11 is 0. The number of pyridine rings is 1. The number of alkyl halides is 3. The van der Waals surface area contributed by atoms with Gasteiger partial charge < -0.3 is 10.6 Å². The number of carbonyl (C=O) groups is 1. The average molecular weight is 337 g/mol. The van der Waals surface area contributed by atoms with E-state index in [0.717, 1.165) is 25.0 Å². The summed E-state index contributed by atoms with van der Waals surface area (Å²) in [6, 6.07) is 6.37. The molecule has 128 valence electrons. The number of nitrogens with one attached hydrogen (secondary N) is 2. The fourth-order valence-corrected chi connectivity index (χ4v) is 2.09. The van der Waals surface area contributed by atoms with Gasteiger partial charge >= 0.3 is 6.18 Å². The van der Waals surface area contributed by atoms with Crippen LogP contribution in [-0.4, -0.2) is 17.4 Å². The van der Waals surface area contributed by atoms with E-state index >= 15 is 0 Å². The highest BCUT2D eigenvalue weighted by Crippen LogP contribution is 2.31. The Morgan fingerprint density at radius 3 is 2.75 bits per heavy atom. The second kappa shape index (κ2) is 7.81. The first-order chi connectivity index (χ1) is 11.4. The molecule has 0 radical (unpaired) electrons. The lowest BCUT2D eigenvalue weighted by atomic mass is 10.1. The summed E-state index contributed by atoms with van der Waals surface area (Å²) in [6.07, 6.45) is 0.233. The molecule has 0 saturated carbocycles. The quantitative estimate of drug-likeness (QED) is 0.770. The number of benzene rings is 1. The Balaban J connectivity index is 2.20. The third kappa shape index (κ3) is 4.71. The molecular weight excluding hydrogens is 319 g/mol. The molecule has 24 heavy (non-hydrogen) atoms. The molecule has 0 aliphatic carbocycles. The van der Waals surface area contributed by atoms with Crippen LogP contribution in [0.4, 0.5) is 24.5 Å². The Hall–Kier alpha value is -2.57. The Morgan fingerprint density at radius 2 is 2.04 bits per heavy atom. The minimum absolute atomic E-state index is 0.249. The van der Waals surface area contributed by atoms with E-state index in [-0.39, 0.29) is 17.2 Å². The van der Waals surface area contributed by atoms with Crippen molar-refractivity contribution in [2.75, 3.05) is 11.9 Å². The Morgan fingerprint density at radius 1 is 1.25 bits per heavy atom. The molecule has 1 heterocycles. The molecule has 2 rings (SSSR count). The van der Waals surface area contributed by atoms with Crippen molar-refractivity contribution in [3.8, 4) is 0 Å². The Kier molecular flexibility index (Phi) is 5.78. The van der Waals surface area contributed by atoms with Gasteiger partial charge in [-0.2, -0.15) is 13.2 Å². The molecule has 4 nitrogen and oxygen atoms in total. The predicted octanol–water partition coefficient (Wildman–Crippen LogP) is 4.37. The van der Waals surface area contributed by atoms with Crippen LogP contribution in [0.1, 0.15) is 35.7 Å². The summed E-state index contributed by atoms with van der Waals surface area (Å²) in [5, 5.41) is 5.62. The third-order valence-corrected chi connectivity index (χ3v) is 3.35. The molecule has 7 heteroatoms. The summed E-state index contributed by atoms with van der Waals surface area (Å²) in [6.45, 7) is 2.55. The first-order valence-electron chi connectivity index (χ1n) is 7.58. The zero-order chi connectivity index (χ0) is 17.6. The van der Waals surface area contributed by atoms with Crippen LogP contribution in [0.3, 0.4) is 0 Å². The lowest BCUT2D eigenvalue weighted by Gasteiger charge is -2.13. The third-order valence-electron chi connectivity index (χ3n) is 3.35. The fraction of sp³-hybridized carbons (Fsp3) is 0.294. The van der Waals surface area contributed by atoms with Crippen LogP contribution in [0, 0.1) is 0 Å². The average Bonchev–Trinajstić information content (AvgIpc) is 2.55. The van der Waals surface area contributed by atoms with E-state index in [0.29, 0.717) is 12.2 Å². The molecule has 2 aromatic rings. The molecule has 0 unspecified atom stereocenters. The van der Waals surface area contributed by atoms with Crippen molar-refractivity contribution < 1.29 is 18.0 Å². The topological polar surface area (TPSA) is 54.0 Å². The van der Waals surface area contributed by atoms with Crippen molar-refractivity contribution in [2.45, 2.75) is 25.9 Å². The van der Waals surface area contributed by atoms with Crippen LogP contribution >= 0.6 is 0 Å². The van der Waals surface area contributed by atoms with E-state index in [9.17, 15) is 18.0 Å². The summed E-state index contributed by atoms with van der Waals surface area (Å²) in [5.74, 6) is -0.314. The molecule has 0 atom stereocenters. The van der Waals surface area contributed by atoms with Gasteiger partial charge in [0.15, 0.2) is 0 Å². The highest BCUT2D eigenvalue weighted by Gasteiger charge is 2.30. The van der Waals surface area contributed by atoms with Crippen molar-refractivity contribution in [3.63, 3.8) is 0 Å². The molecule has 2 N–H and O–H groups in total. The lowest BCUT2D eigenvalue weighted by Crippen LogP contribution is -2.25. The number of carbonyl (C=O) groups excluding carboxylic acids is 1. The van der Waals surface area contributed by atoms with Gasteiger partial charge in [-0.3, -0.25) is 9.78 Å². The number of aromatic nitrogens is 1. The number of hydrogen-bond donors (Lipinski definition) is 2. The van der Waals surface area contributed by atoms with Crippen LogP contribution in [0.15, 0.2) is 42.7 Å². The van der Waals surface area contributed by atoms with E-state index in [1.54, 1.807) is 6.07 Å². The maximum absolute atomic E-state index is 12.8. The van der Waals surface area contributed by atoms with Gasteiger partial charge in [-0.25, -0.2) is 0 Å². The number of nitrogens with zero attached hydrogens (tertiary/aromatic N) is 1. The highest BCUT2D eigenvalue weighted by atomic mass is 19.4. The van der Waals surface area contributed by atoms with Crippen LogP contribution in [-0.2, 0) is 6.18 Å². The summed E-state index contributed by atoms with van der Waals surface area (Å²) in [5.41, 5.74) is 0.179. The normalized spacial score (nSPS) is 11.2. The predicted molar refractivity (Wildman–Crippen MR) is 86.2 cm³/mol. The van der Waals surface area contributed by atoms with E-state index < -0.39 is 11.7 Å². The standard InChI is InChI=1S/C17H18F3N3O/c1-2-3-8-22-16(24)14-11-21-9-7-15(14)23-13-6-4-5-12(10-13)17(18,19)20/h4-7,9-11H,2-3,8H2,1H3,(H,21,23)(H,22,24). The first kappa shape index (κ1) is 17.8. The molecule has 1 aromatic carbocycles. The van der Waals surface area contributed by atoms with Crippen LogP contribution in [0.2, 0.25) is 0 Å². The molecule has 0 aliphatic heterocycles. The van der Waals surface area contributed by atoms with Gasteiger partial charge in [-0.05, 0) is 30.7 Å². The zero-order valence-corrected chi connectivity index (χ0v) is 13.2. The second-order valence-corrected chi connectivity index (χ2v) is 5.23. The van der Waals surface area contributed by atoms with Crippen molar-refractivity contribution >= 4 is 17.3 Å². The molecule has 0 fully saturated rings. The summed E-state index contributed by atoms with van der Waals surface area (Å²) in [4.78, 5) is 16.1. The summed E-state index contributed by atoms with van der Waals surface area (Å²) in [7, 11) is 0. The van der Waals surface area contributed by atoms with E-state index in [2.05, 4.69) is 15.6 Å². The van der Waals surface area contributed by atoms with E-state index in [1.807, 2.05) is 6.92 Å². The highest BCUT2D eigenvalue weighted by molar-refractivity contribution is 5.99. The molecule has 1 amide bonds. The summed E-state index contributed by atoms with van der Waals surface area (Å²) < 4.78 is 38.4. The van der Waals surface area contributed by atoms with Gasteiger partial charge in [0.05, 0.1) is 16.8 Å². The van der Waals surface area contributed by atoms with Crippen molar-refractivity contribution in [1.82, 2.24) is 10.3 Å². The monoisotopic (exact) mass is 337 g/mol. The number of unbranched alkanes of at least 4 members (excludes halogenated alkanes) is 1. The van der Waals surface area contributed by atoms with Crippen molar-refractivity contribution in [2.24, 2.45) is 0 Å². The van der Waals surface area contributed by atoms with Gasteiger partial charge in [-0.15, -0.1) is 0 Å². The molecule has 0 bridgehead atoms. The maximum Gasteiger partial charge on any atom is 0.416 e. The number of halogens is 3. The molecule has 1 aromatic heterocycles. The number of rotatable bonds is 6. The maximum atomic E-state index is 12.8. The molecule has 0 aliphatic rings. The largest absolute Gasteiger partial charge is 0.416 e. The van der Waals surface area contributed by atoms with Gasteiger partial charge in [0, 0.05) is 24.6 Å². The van der Waals surface area contributed by atoms with Crippen molar-refractivity contribution in [3.05, 3.63) is 53.9 Å². The molecule has 0 spiro atoms. The van der Waals surface area contributed by atoms with Crippen molar-refractivity contribution in [1.29, 1.82) is 0 Å². The SMILES string of the molecule is CCCCNC(=O)c1cnccc1Nc1cccc(C(F)(F)F)c1. The van der Waals surface area contributed by atoms with Gasteiger partial charge in [0.25, 0.3) is 5.91 Å². The van der Waals surface area contributed by atoms with Gasteiger partial charge in [0.1, 0.15) is 0 Å². The van der Waals surface area contributed by atoms with Crippen LogP contribution in [0.25, 0.3) is 0 Å².